The first kappa shape index (κ1) is 24.2. The van der Waals surface area contributed by atoms with Crippen LogP contribution in [0.1, 0.15) is 37.7 Å². The minimum atomic E-state index is -0.745. The van der Waals surface area contributed by atoms with Gasteiger partial charge in [0.15, 0.2) is 17.3 Å². The molecule has 0 saturated carbocycles. The van der Waals surface area contributed by atoms with E-state index >= 15 is 0 Å². The van der Waals surface area contributed by atoms with Gasteiger partial charge in [0, 0.05) is 23.4 Å². The molecule has 0 fully saturated rings. The predicted octanol–water partition coefficient (Wildman–Crippen LogP) is 4.06. The van der Waals surface area contributed by atoms with Crippen molar-refractivity contribution in [2.45, 2.75) is 32.1 Å². The molecule has 0 saturated heterocycles. The Bertz CT molecular complexity index is 1180. The van der Waals surface area contributed by atoms with Gasteiger partial charge in [0.2, 0.25) is 5.75 Å². The second-order valence-electron chi connectivity index (χ2n) is 8.22. The van der Waals surface area contributed by atoms with Gasteiger partial charge in [-0.3, -0.25) is 9.69 Å². The van der Waals surface area contributed by atoms with Crippen molar-refractivity contribution in [3.05, 3.63) is 70.7 Å². The van der Waals surface area contributed by atoms with Gasteiger partial charge < -0.3 is 24.7 Å². The number of hydrogen-bond donors (Lipinski definition) is 1. The molecule has 2 aromatic rings. The zero-order chi connectivity index (χ0) is 25.1. The van der Waals surface area contributed by atoms with E-state index in [1.165, 1.54) is 21.3 Å². The fraction of sp³-hybridized carbons (Fsp3) is 0.333. The number of methoxy groups -OCH3 is 3. The molecule has 35 heavy (non-hydrogen) atoms. The highest BCUT2D eigenvalue weighted by molar-refractivity contribution is 6.05. The molecule has 0 radical (unpaired) electrons. The van der Waals surface area contributed by atoms with Crippen LogP contribution < -0.4 is 24.8 Å². The van der Waals surface area contributed by atoms with Crippen molar-refractivity contribution in [2.75, 3.05) is 32.8 Å². The number of ketones is 1. The van der Waals surface area contributed by atoms with Crippen LogP contribution in [0.2, 0.25) is 0 Å². The number of carbonyl (C=O) groups excluding carboxylic acids is 2. The highest BCUT2D eigenvalue weighted by Crippen LogP contribution is 2.49. The maximum atomic E-state index is 13.5. The largest absolute Gasteiger partial charge is 0.493 e. The smallest absolute Gasteiger partial charge is 0.338 e. The van der Waals surface area contributed by atoms with Crippen LogP contribution in [0.5, 0.6) is 17.2 Å². The number of allylic oxidation sites excluding steroid dienone is 2. The molecule has 1 heterocycles. The number of benzene rings is 2. The Balaban J connectivity index is 2.03. The molecule has 0 spiro atoms. The summed E-state index contributed by atoms with van der Waals surface area (Å²) in [7, 11) is 4.56. The lowest BCUT2D eigenvalue weighted by Gasteiger charge is -2.40. The number of nitrogens with zero attached hydrogens (tertiary/aromatic N) is 1. The Morgan fingerprint density at radius 2 is 1.69 bits per heavy atom. The van der Waals surface area contributed by atoms with Gasteiger partial charge in [-0.15, -0.1) is 0 Å². The van der Waals surface area contributed by atoms with Crippen molar-refractivity contribution >= 4 is 17.4 Å². The summed E-state index contributed by atoms with van der Waals surface area (Å²) in [6.45, 7) is 1.90. The first-order valence-electron chi connectivity index (χ1n) is 11.5. The average molecular weight is 479 g/mol. The molecule has 4 rings (SSSR count). The Morgan fingerprint density at radius 1 is 1.03 bits per heavy atom. The minimum absolute atomic E-state index is 0.0276. The summed E-state index contributed by atoms with van der Waals surface area (Å²) in [5, 5.41) is 0. The molecular weight excluding hydrogens is 448 g/mol. The summed E-state index contributed by atoms with van der Waals surface area (Å²) in [5.41, 5.74) is 9.67. The molecule has 1 atom stereocenters. The van der Waals surface area contributed by atoms with Gasteiger partial charge in [-0.1, -0.05) is 18.2 Å². The van der Waals surface area contributed by atoms with Gasteiger partial charge in [0.05, 0.1) is 39.4 Å². The standard InChI is InChI=1S/C27H30N2O6/c1-5-35-27(31)24-22(16-14-20(32-2)25(34-4)21(15-16)33-3)23-18(12-9-13-19(23)30)29(26(24)28)17-10-7-6-8-11-17/h6-8,10-11,14-15,22H,5,9,12-13,28H2,1-4H3/t22-/m0/s1. The lowest BCUT2D eigenvalue weighted by Crippen LogP contribution is -2.41. The molecule has 2 aliphatic rings. The predicted molar refractivity (Wildman–Crippen MR) is 131 cm³/mol. The third kappa shape index (κ3) is 4.20. The summed E-state index contributed by atoms with van der Waals surface area (Å²) in [6.07, 6.45) is 1.73. The van der Waals surface area contributed by atoms with Crippen LogP contribution in [-0.4, -0.2) is 39.7 Å². The van der Waals surface area contributed by atoms with Crippen molar-refractivity contribution in [1.82, 2.24) is 0 Å². The van der Waals surface area contributed by atoms with Crippen molar-refractivity contribution < 1.29 is 28.5 Å². The second kappa shape index (κ2) is 10.1. The SMILES string of the molecule is CCOC(=O)C1=C(N)N(c2ccccc2)C2=C(C(=O)CCC2)[C@@H]1c1cc(OC)c(OC)c(OC)c1. The number of anilines is 1. The first-order valence-corrected chi connectivity index (χ1v) is 11.5. The highest BCUT2D eigenvalue weighted by atomic mass is 16.5. The fourth-order valence-corrected chi connectivity index (χ4v) is 4.87. The fourth-order valence-electron chi connectivity index (χ4n) is 4.87. The summed E-state index contributed by atoms with van der Waals surface area (Å²) in [5.74, 6) is 0.139. The van der Waals surface area contributed by atoms with E-state index in [2.05, 4.69) is 0 Å². The van der Waals surface area contributed by atoms with E-state index in [4.69, 9.17) is 24.7 Å². The zero-order valence-corrected chi connectivity index (χ0v) is 20.4. The van der Waals surface area contributed by atoms with Gasteiger partial charge >= 0.3 is 5.97 Å². The molecule has 1 aliphatic heterocycles. The highest BCUT2D eigenvalue weighted by Gasteiger charge is 2.43. The molecule has 0 unspecified atom stereocenters. The number of ether oxygens (including phenoxy) is 4. The van der Waals surface area contributed by atoms with Crippen LogP contribution in [0, 0.1) is 0 Å². The minimum Gasteiger partial charge on any atom is -0.493 e. The number of carbonyl (C=O) groups is 2. The van der Waals surface area contributed by atoms with Crippen LogP contribution in [0.25, 0.3) is 0 Å². The van der Waals surface area contributed by atoms with E-state index in [0.29, 0.717) is 47.6 Å². The zero-order valence-electron chi connectivity index (χ0n) is 20.4. The summed E-state index contributed by atoms with van der Waals surface area (Å²) >= 11 is 0. The molecule has 1 aliphatic carbocycles. The van der Waals surface area contributed by atoms with Crippen LogP contribution >= 0.6 is 0 Å². The van der Waals surface area contributed by atoms with Gasteiger partial charge in [0.1, 0.15) is 5.82 Å². The van der Waals surface area contributed by atoms with Crippen LogP contribution in [0.15, 0.2) is 65.1 Å². The monoisotopic (exact) mass is 478 g/mol. The number of hydrogen-bond acceptors (Lipinski definition) is 8. The van der Waals surface area contributed by atoms with Crippen molar-refractivity contribution in [3.8, 4) is 17.2 Å². The summed E-state index contributed by atoms with van der Waals surface area (Å²) < 4.78 is 22.0. The summed E-state index contributed by atoms with van der Waals surface area (Å²) in [6, 6.07) is 13.0. The van der Waals surface area contributed by atoms with Crippen molar-refractivity contribution in [1.29, 1.82) is 0 Å². The third-order valence-electron chi connectivity index (χ3n) is 6.32. The lowest BCUT2D eigenvalue weighted by molar-refractivity contribution is -0.138. The van der Waals surface area contributed by atoms with Crippen LogP contribution in [0.3, 0.4) is 0 Å². The van der Waals surface area contributed by atoms with E-state index in [0.717, 1.165) is 11.4 Å². The van der Waals surface area contributed by atoms with Crippen molar-refractivity contribution in [3.63, 3.8) is 0 Å². The van der Waals surface area contributed by atoms with Gasteiger partial charge in [-0.05, 0) is 49.6 Å². The number of Topliss-reactive ketones (excluding diaryl/α,β-unsaturated/α-hetero) is 1. The normalized spacial score (nSPS) is 17.8. The number of nitrogens with two attached hydrogens (primary N) is 1. The van der Waals surface area contributed by atoms with E-state index < -0.39 is 11.9 Å². The topological polar surface area (TPSA) is 100 Å². The molecule has 0 amide bonds. The van der Waals surface area contributed by atoms with E-state index in [-0.39, 0.29) is 23.8 Å². The third-order valence-corrected chi connectivity index (χ3v) is 6.32. The Morgan fingerprint density at radius 3 is 2.26 bits per heavy atom. The maximum Gasteiger partial charge on any atom is 0.338 e. The molecule has 2 aromatic carbocycles. The van der Waals surface area contributed by atoms with Gasteiger partial charge in [-0.25, -0.2) is 4.79 Å². The molecule has 0 bridgehead atoms. The number of para-hydroxylation sites is 1. The van der Waals surface area contributed by atoms with Crippen LogP contribution in [0.4, 0.5) is 5.69 Å². The maximum absolute atomic E-state index is 13.5. The number of esters is 1. The van der Waals surface area contributed by atoms with Gasteiger partial charge in [0.25, 0.3) is 0 Å². The number of rotatable bonds is 7. The molecule has 0 aromatic heterocycles. The second-order valence-corrected chi connectivity index (χ2v) is 8.22. The van der Waals surface area contributed by atoms with E-state index in [1.54, 1.807) is 19.1 Å². The molecule has 8 nitrogen and oxygen atoms in total. The van der Waals surface area contributed by atoms with E-state index in [1.807, 2.05) is 35.2 Å². The first-order chi connectivity index (χ1) is 17.0. The molecular formula is C27H30N2O6. The Hall–Kier alpha value is -3.94. The Labute approximate surface area is 204 Å². The van der Waals surface area contributed by atoms with Crippen LogP contribution in [-0.2, 0) is 14.3 Å². The van der Waals surface area contributed by atoms with Gasteiger partial charge in [-0.2, -0.15) is 0 Å². The molecule has 8 heteroatoms. The quantitative estimate of drug-likeness (QED) is 0.595. The van der Waals surface area contributed by atoms with E-state index in [9.17, 15) is 9.59 Å². The lowest BCUT2D eigenvalue weighted by atomic mass is 9.75. The molecule has 2 N–H and O–H groups in total. The van der Waals surface area contributed by atoms with Crippen molar-refractivity contribution in [2.24, 2.45) is 5.73 Å². The Kier molecular flexibility index (Phi) is 7.00. The average Bonchev–Trinajstić information content (AvgIpc) is 2.87. The molecule has 184 valence electrons. The summed E-state index contributed by atoms with van der Waals surface area (Å²) in [4.78, 5) is 28.7.